The summed E-state index contributed by atoms with van der Waals surface area (Å²) in [5.74, 6) is 0.0363. The van der Waals surface area contributed by atoms with Crippen LogP contribution in [-0.4, -0.2) is 42.5 Å². The summed E-state index contributed by atoms with van der Waals surface area (Å²) < 4.78 is 0. The molecule has 4 N–H and O–H groups in total. The van der Waals surface area contributed by atoms with Gasteiger partial charge in [-0.05, 0) is 19.4 Å². The fourth-order valence-corrected chi connectivity index (χ4v) is 2.81. The van der Waals surface area contributed by atoms with E-state index in [0.717, 1.165) is 24.2 Å². The fourth-order valence-electron chi connectivity index (χ4n) is 2.81. The Labute approximate surface area is 131 Å². The Balaban J connectivity index is 2.12. The van der Waals surface area contributed by atoms with Crippen molar-refractivity contribution in [2.75, 3.05) is 19.6 Å². The number of nitrogens with two attached hydrogens (primary N) is 1. The van der Waals surface area contributed by atoms with Crippen LogP contribution in [0.15, 0.2) is 24.3 Å². The van der Waals surface area contributed by atoms with Gasteiger partial charge in [-0.25, -0.2) is 4.79 Å². The number of primary amides is 1. The van der Waals surface area contributed by atoms with Crippen LogP contribution in [0.5, 0.6) is 0 Å². The molecule has 0 aromatic heterocycles. The lowest BCUT2D eigenvalue weighted by atomic mass is 10.0. The molecule has 6 heteroatoms. The molecule has 0 unspecified atom stereocenters. The molecule has 1 aliphatic heterocycles. The van der Waals surface area contributed by atoms with E-state index in [2.05, 4.69) is 10.6 Å². The van der Waals surface area contributed by atoms with Crippen LogP contribution >= 0.6 is 0 Å². The standard InChI is InChI=1S/C16H24N4O2/c1-11-4-3-5-13(8-11)14(19-16(17)22)9-15(21)20-7-6-18-10-12(20)2/h3-5,8,12,14,18H,6-7,9-10H2,1-2H3,(H3,17,19,22)/t12-,14-/m1/s1. The molecule has 1 aromatic rings. The fraction of sp³-hybridized carbons (Fsp3) is 0.500. The van der Waals surface area contributed by atoms with E-state index in [1.54, 1.807) is 0 Å². The molecule has 120 valence electrons. The number of nitrogens with one attached hydrogen (secondary N) is 2. The van der Waals surface area contributed by atoms with E-state index in [9.17, 15) is 9.59 Å². The van der Waals surface area contributed by atoms with Crippen LogP contribution in [0.4, 0.5) is 4.79 Å². The summed E-state index contributed by atoms with van der Waals surface area (Å²) in [6.07, 6.45) is 0.219. The number of rotatable bonds is 4. The second-order valence-corrected chi connectivity index (χ2v) is 5.82. The van der Waals surface area contributed by atoms with Crippen LogP contribution in [0.25, 0.3) is 0 Å². The lowest BCUT2D eigenvalue weighted by molar-refractivity contribution is -0.134. The predicted octanol–water partition coefficient (Wildman–Crippen LogP) is 0.915. The second-order valence-electron chi connectivity index (χ2n) is 5.82. The van der Waals surface area contributed by atoms with Gasteiger partial charge in [-0.2, -0.15) is 0 Å². The molecule has 1 aromatic carbocycles. The van der Waals surface area contributed by atoms with Gasteiger partial charge in [-0.15, -0.1) is 0 Å². The summed E-state index contributed by atoms with van der Waals surface area (Å²) >= 11 is 0. The normalized spacial score (nSPS) is 19.5. The van der Waals surface area contributed by atoms with E-state index in [1.807, 2.05) is 43.0 Å². The van der Waals surface area contributed by atoms with Crippen LogP contribution < -0.4 is 16.4 Å². The zero-order valence-corrected chi connectivity index (χ0v) is 13.1. The highest BCUT2D eigenvalue weighted by Gasteiger charge is 2.26. The van der Waals surface area contributed by atoms with Gasteiger partial charge in [-0.3, -0.25) is 4.79 Å². The number of hydrogen-bond donors (Lipinski definition) is 3. The van der Waals surface area contributed by atoms with Crippen molar-refractivity contribution in [2.24, 2.45) is 5.73 Å². The maximum absolute atomic E-state index is 12.6. The van der Waals surface area contributed by atoms with Crippen LogP contribution in [-0.2, 0) is 4.79 Å². The highest BCUT2D eigenvalue weighted by atomic mass is 16.2. The molecule has 1 heterocycles. The maximum Gasteiger partial charge on any atom is 0.312 e. The lowest BCUT2D eigenvalue weighted by Crippen LogP contribution is -2.53. The molecule has 1 aliphatic rings. The van der Waals surface area contributed by atoms with Crippen LogP contribution in [0.3, 0.4) is 0 Å². The van der Waals surface area contributed by atoms with Crippen LogP contribution in [0.2, 0.25) is 0 Å². The Hall–Kier alpha value is -2.08. The maximum atomic E-state index is 12.6. The molecule has 0 saturated carbocycles. The molecule has 22 heavy (non-hydrogen) atoms. The Kier molecular flexibility index (Phi) is 5.38. The highest BCUT2D eigenvalue weighted by molar-refractivity contribution is 5.79. The van der Waals surface area contributed by atoms with Gasteiger partial charge in [0.25, 0.3) is 0 Å². The Bertz CT molecular complexity index is 547. The van der Waals surface area contributed by atoms with Crippen molar-refractivity contribution in [3.8, 4) is 0 Å². The first-order valence-electron chi connectivity index (χ1n) is 7.60. The third-order valence-corrected chi connectivity index (χ3v) is 3.96. The number of aryl methyl sites for hydroxylation is 1. The molecular formula is C16H24N4O2. The van der Waals surface area contributed by atoms with E-state index in [1.165, 1.54) is 0 Å². The molecule has 0 radical (unpaired) electrons. The highest BCUT2D eigenvalue weighted by Crippen LogP contribution is 2.20. The first-order chi connectivity index (χ1) is 10.5. The number of piperazine rings is 1. The van der Waals surface area contributed by atoms with Crippen molar-refractivity contribution in [3.63, 3.8) is 0 Å². The quantitative estimate of drug-likeness (QED) is 0.773. The van der Waals surface area contributed by atoms with Gasteiger partial charge in [0.2, 0.25) is 5.91 Å². The van der Waals surface area contributed by atoms with E-state index < -0.39 is 12.1 Å². The van der Waals surface area contributed by atoms with E-state index in [0.29, 0.717) is 6.54 Å². The van der Waals surface area contributed by atoms with Crippen molar-refractivity contribution >= 4 is 11.9 Å². The van der Waals surface area contributed by atoms with Crippen LogP contribution in [0.1, 0.15) is 30.5 Å². The van der Waals surface area contributed by atoms with E-state index in [-0.39, 0.29) is 18.4 Å². The van der Waals surface area contributed by atoms with Gasteiger partial charge in [-0.1, -0.05) is 29.8 Å². The summed E-state index contributed by atoms with van der Waals surface area (Å²) in [4.78, 5) is 25.7. The molecule has 6 nitrogen and oxygen atoms in total. The number of nitrogens with zero attached hydrogens (tertiary/aromatic N) is 1. The van der Waals surface area contributed by atoms with Gasteiger partial charge in [0.05, 0.1) is 12.5 Å². The Morgan fingerprint density at radius 2 is 2.27 bits per heavy atom. The molecule has 0 aliphatic carbocycles. The average molecular weight is 304 g/mol. The summed E-state index contributed by atoms with van der Waals surface area (Å²) in [6.45, 7) is 6.29. The first-order valence-corrected chi connectivity index (χ1v) is 7.60. The zero-order chi connectivity index (χ0) is 16.1. The minimum Gasteiger partial charge on any atom is -0.352 e. The number of hydrogen-bond acceptors (Lipinski definition) is 3. The van der Waals surface area contributed by atoms with Gasteiger partial charge in [0.1, 0.15) is 0 Å². The molecule has 1 fully saturated rings. The van der Waals surface area contributed by atoms with Gasteiger partial charge in [0, 0.05) is 25.7 Å². The van der Waals surface area contributed by atoms with Crippen molar-refractivity contribution < 1.29 is 9.59 Å². The first kappa shape index (κ1) is 16.3. The average Bonchev–Trinajstić information content (AvgIpc) is 2.46. The summed E-state index contributed by atoms with van der Waals surface area (Å²) in [6, 6.07) is 6.91. The predicted molar refractivity (Wildman–Crippen MR) is 85.3 cm³/mol. The molecule has 0 bridgehead atoms. The second kappa shape index (κ2) is 7.26. The van der Waals surface area contributed by atoms with Crippen LogP contribution in [0, 0.1) is 6.92 Å². The van der Waals surface area contributed by atoms with E-state index in [4.69, 9.17) is 5.73 Å². The largest absolute Gasteiger partial charge is 0.352 e. The summed E-state index contributed by atoms with van der Waals surface area (Å²) in [7, 11) is 0. The molecule has 2 atom stereocenters. The smallest absolute Gasteiger partial charge is 0.312 e. The lowest BCUT2D eigenvalue weighted by Gasteiger charge is -2.35. The molecular weight excluding hydrogens is 280 g/mol. The molecule has 0 spiro atoms. The monoisotopic (exact) mass is 304 g/mol. The number of amides is 3. The van der Waals surface area contributed by atoms with E-state index >= 15 is 0 Å². The Morgan fingerprint density at radius 1 is 1.50 bits per heavy atom. The number of urea groups is 1. The minimum absolute atomic E-state index is 0.0363. The molecule has 3 amide bonds. The number of carbonyl (C=O) groups excluding carboxylic acids is 2. The number of carbonyl (C=O) groups is 2. The molecule has 1 saturated heterocycles. The van der Waals surface area contributed by atoms with Gasteiger partial charge in [0.15, 0.2) is 0 Å². The zero-order valence-electron chi connectivity index (χ0n) is 13.1. The number of benzene rings is 1. The topological polar surface area (TPSA) is 87.5 Å². The van der Waals surface area contributed by atoms with Crippen molar-refractivity contribution in [1.82, 2.24) is 15.5 Å². The third kappa shape index (κ3) is 4.21. The SMILES string of the molecule is Cc1cccc([C@@H](CC(=O)N2CCNC[C@H]2C)NC(N)=O)c1. The van der Waals surface area contributed by atoms with Gasteiger partial charge >= 0.3 is 6.03 Å². The minimum atomic E-state index is -0.618. The van der Waals surface area contributed by atoms with Crippen molar-refractivity contribution in [2.45, 2.75) is 32.4 Å². The molecule has 2 rings (SSSR count). The third-order valence-electron chi connectivity index (χ3n) is 3.96. The van der Waals surface area contributed by atoms with Crippen molar-refractivity contribution in [1.29, 1.82) is 0 Å². The summed E-state index contributed by atoms with van der Waals surface area (Å²) in [5, 5.41) is 5.94. The van der Waals surface area contributed by atoms with Gasteiger partial charge < -0.3 is 21.3 Å². The summed E-state index contributed by atoms with van der Waals surface area (Å²) in [5.41, 5.74) is 7.24. The van der Waals surface area contributed by atoms with Crippen molar-refractivity contribution in [3.05, 3.63) is 35.4 Å². The Morgan fingerprint density at radius 3 is 2.91 bits per heavy atom.